The molecule has 0 spiro atoms. The van der Waals surface area contributed by atoms with Crippen molar-refractivity contribution in [2.45, 2.75) is 81.2 Å². The molecule has 13 atom stereocenters. The van der Waals surface area contributed by atoms with Gasteiger partial charge < -0.3 is 66.4 Å². The Morgan fingerprint density at radius 3 is 2.48 bits per heavy atom. The Labute approximate surface area is 368 Å². The monoisotopic (exact) mass is 878 g/mol. The quantitative estimate of drug-likeness (QED) is 0.0493. The number of ether oxygens (including phenoxy) is 2. The molecule has 12 N–H and O–H groups in total. The number of allylic oxidation sites excluding steroid dienone is 3. The minimum absolute atomic E-state index is 0.00726. The number of nitrogens with zero attached hydrogens (tertiary/aromatic N) is 1. The van der Waals surface area contributed by atoms with Crippen LogP contribution in [0.2, 0.25) is 0 Å². The number of aliphatic hydroxyl groups is 3. The van der Waals surface area contributed by atoms with Crippen molar-refractivity contribution in [3.8, 4) is 34.3 Å². The molecule has 2 heterocycles. The van der Waals surface area contributed by atoms with Crippen LogP contribution in [0.1, 0.15) is 61.6 Å². The van der Waals surface area contributed by atoms with E-state index >= 15 is 0 Å². The molecule has 64 heavy (non-hydrogen) atoms. The summed E-state index contributed by atoms with van der Waals surface area (Å²) in [5.74, 6) is -2.04. The number of nitrogens with two attached hydrogens (primary N) is 2. The minimum atomic E-state index is -2.73. The number of aliphatic carboxylic acids is 1. The largest absolute Gasteiger partial charge is 0.508 e. The van der Waals surface area contributed by atoms with Gasteiger partial charge in [0.25, 0.3) is 0 Å². The van der Waals surface area contributed by atoms with E-state index in [0.717, 1.165) is 42.9 Å². The summed E-state index contributed by atoms with van der Waals surface area (Å²) >= 11 is 0. The molecule has 0 unspecified atom stereocenters. The third kappa shape index (κ3) is 7.36. The SMILES string of the molecule is CN[C@H]1C[C@H]([C@@H]2C=CC[C@H](C)C2)[C@H]2C[C@@H]1[C@H]1C(c3cc(O)ccc3-c3cc(=O)c4c(O)c(O)c(O[C@@H]5O[C@H](C(=O)O)[C@@H](O)[C@@](O)(CN=C(N)N)[C@H]5O)cc4o3)=Cc3ccccc3[C@@H]1C2. The summed E-state index contributed by atoms with van der Waals surface area (Å²) in [5.41, 5.74) is 11.6. The number of aliphatic hydroxyl groups excluding tert-OH is 2. The van der Waals surface area contributed by atoms with Crippen LogP contribution in [0.15, 0.2) is 81.0 Å². The molecule has 5 aliphatic rings. The maximum absolute atomic E-state index is 13.9. The standard InChI is InChI=1S/C48H54N4O12/c1-21-6-5-8-22(12-21)28-17-33(51-2)32-15-24(28)14-30-26-9-4-3-7-23(26)13-31(38(30)32)29-16-25(53)10-11-27(29)35-18-34(54)39-36(62-35)19-37(40(55)41(39)56)63-46-44(58)48(61,20-52-47(49)50)43(57)42(64-46)45(59)60/h3-5,7-11,13,16,18-19,21-22,24,28,30,32-33,38,42-44,46,51,53,55-58,61H,6,12,14-15,17,20H2,1-2H3,(H,59,60)(H4,49,50,52)/t21-,22+,24+,28+,30-,32-,33-,38+,42-,43+,44-,46+,48-/m0/s1. The highest BCUT2D eigenvalue weighted by Gasteiger charge is 2.59. The lowest BCUT2D eigenvalue weighted by Crippen LogP contribution is -2.70. The number of fused-ring (bicyclic) bond motifs is 7. The second-order valence-corrected chi connectivity index (χ2v) is 18.4. The van der Waals surface area contributed by atoms with Crippen molar-refractivity contribution in [1.82, 2.24) is 5.32 Å². The number of phenols is 3. The first-order chi connectivity index (χ1) is 30.6. The number of aromatic hydroxyl groups is 3. The molecule has 4 aromatic rings. The van der Waals surface area contributed by atoms with Crippen molar-refractivity contribution < 1.29 is 54.4 Å². The summed E-state index contributed by atoms with van der Waals surface area (Å²) in [5, 5.41) is 79.7. The second-order valence-electron chi connectivity index (χ2n) is 18.4. The van der Waals surface area contributed by atoms with Crippen molar-refractivity contribution in [2.24, 2.45) is 52.0 Å². The highest BCUT2D eigenvalue weighted by atomic mass is 16.7. The van der Waals surface area contributed by atoms with E-state index in [1.807, 2.05) is 13.1 Å². The predicted molar refractivity (Wildman–Crippen MR) is 236 cm³/mol. The van der Waals surface area contributed by atoms with Crippen LogP contribution in [0.4, 0.5) is 0 Å². The molecule has 1 aromatic heterocycles. The number of hydrogen-bond donors (Lipinski definition) is 10. The van der Waals surface area contributed by atoms with Crippen molar-refractivity contribution >= 4 is 34.5 Å². The number of aliphatic imine (C=N–C) groups is 1. The number of carboxylic acids is 1. The number of hydrogen-bond acceptors (Lipinski definition) is 13. The van der Waals surface area contributed by atoms with E-state index in [2.05, 4.69) is 53.7 Å². The van der Waals surface area contributed by atoms with E-state index in [4.69, 9.17) is 25.4 Å². The molecule has 0 amide bonds. The molecular formula is C48H54N4O12. The van der Waals surface area contributed by atoms with Crippen LogP contribution in [-0.4, -0.2) is 97.5 Å². The molecule has 1 aliphatic heterocycles. The zero-order valence-electron chi connectivity index (χ0n) is 35.4. The van der Waals surface area contributed by atoms with Crippen LogP contribution in [0.5, 0.6) is 23.0 Å². The average Bonchev–Trinajstić information content (AvgIpc) is 3.27. The first-order valence-corrected chi connectivity index (χ1v) is 21.8. The first-order valence-electron chi connectivity index (χ1n) is 21.8. The van der Waals surface area contributed by atoms with E-state index in [0.29, 0.717) is 34.8 Å². The summed E-state index contributed by atoms with van der Waals surface area (Å²) in [7, 11) is 2.04. The first kappa shape index (κ1) is 43.3. The van der Waals surface area contributed by atoms with Crippen LogP contribution in [0.3, 0.4) is 0 Å². The van der Waals surface area contributed by atoms with Gasteiger partial charge in [-0.2, -0.15) is 0 Å². The highest BCUT2D eigenvalue weighted by molar-refractivity contribution is 5.94. The normalized spacial score (nSPS) is 33.1. The van der Waals surface area contributed by atoms with Crippen molar-refractivity contribution in [3.05, 3.63) is 93.7 Å². The Balaban J connectivity index is 1.12. The Bertz CT molecular complexity index is 2640. The van der Waals surface area contributed by atoms with E-state index in [1.165, 1.54) is 24.1 Å². The molecule has 2 saturated carbocycles. The Hall–Kier alpha value is -5.91. The van der Waals surface area contributed by atoms with Gasteiger partial charge in [0.2, 0.25) is 12.0 Å². The fourth-order valence-corrected chi connectivity index (χ4v) is 11.6. The Morgan fingerprint density at radius 2 is 1.75 bits per heavy atom. The molecule has 3 aromatic carbocycles. The molecule has 4 aliphatic carbocycles. The van der Waals surface area contributed by atoms with E-state index in [-0.39, 0.29) is 40.9 Å². The Morgan fingerprint density at radius 1 is 0.969 bits per heavy atom. The molecule has 16 heteroatoms. The minimum Gasteiger partial charge on any atom is -0.508 e. The van der Waals surface area contributed by atoms with Gasteiger partial charge in [0.1, 0.15) is 40.3 Å². The van der Waals surface area contributed by atoms with E-state index in [1.54, 1.807) is 12.1 Å². The summed E-state index contributed by atoms with van der Waals surface area (Å²) in [6.45, 7) is 1.47. The molecule has 2 bridgehead atoms. The summed E-state index contributed by atoms with van der Waals surface area (Å²) in [6, 6.07) is 15.8. The molecule has 0 radical (unpaired) electrons. The number of phenolic OH excluding ortho intramolecular Hbond substituents is 3. The van der Waals surface area contributed by atoms with Crippen LogP contribution in [0.25, 0.3) is 33.9 Å². The zero-order valence-corrected chi connectivity index (χ0v) is 35.4. The van der Waals surface area contributed by atoms with Crippen molar-refractivity contribution in [1.29, 1.82) is 0 Å². The van der Waals surface area contributed by atoms with Gasteiger partial charge in [-0.1, -0.05) is 49.4 Å². The van der Waals surface area contributed by atoms with Gasteiger partial charge in [0.15, 0.2) is 29.0 Å². The third-order valence-corrected chi connectivity index (χ3v) is 14.6. The van der Waals surface area contributed by atoms with Gasteiger partial charge in [-0.25, -0.2) is 4.79 Å². The topological polar surface area (TPSA) is 284 Å². The lowest BCUT2D eigenvalue weighted by molar-refractivity contribution is -0.303. The predicted octanol–water partition coefficient (Wildman–Crippen LogP) is 3.98. The zero-order chi connectivity index (χ0) is 45.4. The molecule has 9 rings (SSSR count). The van der Waals surface area contributed by atoms with E-state index in [9.17, 15) is 45.3 Å². The van der Waals surface area contributed by atoms with Gasteiger partial charge in [0, 0.05) is 23.7 Å². The lowest BCUT2D eigenvalue weighted by Gasteiger charge is -2.55. The highest BCUT2D eigenvalue weighted by Crippen LogP contribution is 2.61. The number of guanidine groups is 1. The van der Waals surface area contributed by atoms with Crippen molar-refractivity contribution in [2.75, 3.05) is 13.6 Å². The molecule has 16 nitrogen and oxygen atoms in total. The maximum Gasteiger partial charge on any atom is 0.335 e. The Kier molecular flexibility index (Phi) is 11.2. The second kappa shape index (κ2) is 16.6. The summed E-state index contributed by atoms with van der Waals surface area (Å²) in [6.07, 6.45) is 3.67. The average molecular weight is 879 g/mol. The maximum atomic E-state index is 13.9. The third-order valence-electron chi connectivity index (χ3n) is 14.6. The smallest absolute Gasteiger partial charge is 0.335 e. The van der Waals surface area contributed by atoms with Gasteiger partial charge in [-0.15, -0.1) is 0 Å². The van der Waals surface area contributed by atoms with Gasteiger partial charge >= 0.3 is 5.97 Å². The molecule has 1 saturated heterocycles. The van der Waals surface area contributed by atoms with Crippen molar-refractivity contribution in [3.63, 3.8) is 0 Å². The van der Waals surface area contributed by atoms with Crippen LogP contribution < -0.4 is 26.9 Å². The number of benzene rings is 3. The fourth-order valence-electron chi connectivity index (χ4n) is 11.6. The fraction of sp³-hybridized carbons (Fsp3) is 0.438. The molecule has 3 fully saturated rings. The van der Waals surface area contributed by atoms with E-state index < -0.39 is 76.7 Å². The number of nitrogens with one attached hydrogen (secondary N) is 1. The summed E-state index contributed by atoms with van der Waals surface area (Å²) < 4.78 is 17.4. The van der Waals surface area contributed by atoms with Gasteiger partial charge in [-0.3, -0.25) is 9.79 Å². The number of carboxylic acid groups (broad SMARTS) is 1. The summed E-state index contributed by atoms with van der Waals surface area (Å²) in [4.78, 5) is 29.7. The van der Waals surface area contributed by atoms with Gasteiger partial charge in [0.05, 0.1) is 6.54 Å². The lowest BCUT2D eigenvalue weighted by atomic mass is 9.50. The molecule has 338 valence electrons. The van der Waals surface area contributed by atoms with Crippen LogP contribution >= 0.6 is 0 Å². The van der Waals surface area contributed by atoms with Crippen LogP contribution in [-0.2, 0) is 9.53 Å². The van der Waals surface area contributed by atoms with Crippen LogP contribution in [0, 0.1) is 35.5 Å². The number of rotatable bonds is 9. The van der Waals surface area contributed by atoms with Gasteiger partial charge in [-0.05, 0) is 121 Å². The number of carbonyl (C=O) groups is 1. The molecular weight excluding hydrogens is 825 g/mol.